The molecule has 1 amide bonds. The number of piperidine rings is 1. The van der Waals surface area contributed by atoms with Crippen LogP contribution in [0.5, 0.6) is 0 Å². The van der Waals surface area contributed by atoms with Crippen molar-refractivity contribution in [2.45, 2.75) is 12.8 Å². The van der Waals surface area contributed by atoms with Gasteiger partial charge in [-0.3, -0.25) is 4.79 Å². The molecule has 1 aliphatic heterocycles. The second kappa shape index (κ2) is 9.16. The van der Waals surface area contributed by atoms with Crippen LogP contribution in [-0.4, -0.2) is 61.2 Å². The van der Waals surface area contributed by atoms with E-state index in [4.69, 9.17) is 0 Å². The summed E-state index contributed by atoms with van der Waals surface area (Å²) in [5, 5.41) is 9.62. The Morgan fingerprint density at radius 2 is 1.63 bits per heavy atom. The number of nitrogens with zero attached hydrogens (tertiary/aromatic N) is 2. The summed E-state index contributed by atoms with van der Waals surface area (Å²) in [6, 6.07) is 18.5. The fraction of sp³-hybridized carbons (Fsp3) is 0.435. The monoisotopic (exact) mass is 366 g/mol. The molecule has 2 atom stereocenters. The first-order chi connectivity index (χ1) is 13.0. The molecule has 0 aromatic heterocycles. The SMILES string of the molecule is CN(C)C[C@@H]1C[C@@H](CO)CN(C(=O)Cc2ccc(-c3ccccc3)cc2)C1. The molecule has 27 heavy (non-hydrogen) atoms. The first kappa shape index (κ1) is 19.6. The molecule has 4 nitrogen and oxygen atoms in total. The molecule has 0 unspecified atom stereocenters. The molecular weight excluding hydrogens is 336 g/mol. The van der Waals surface area contributed by atoms with Crippen LogP contribution in [-0.2, 0) is 11.2 Å². The number of aliphatic hydroxyl groups is 1. The highest BCUT2D eigenvalue weighted by molar-refractivity contribution is 5.79. The lowest BCUT2D eigenvalue weighted by Crippen LogP contribution is -2.47. The van der Waals surface area contributed by atoms with Crippen molar-refractivity contribution in [3.63, 3.8) is 0 Å². The maximum atomic E-state index is 12.8. The van der Waals surface area contributed by atoms with Crippen LogP contribution in [0.2, 0.25) is 0 Å². The lowest BCUT2D eigenvalue weighted by Gasteiger charge is -2.38. The number of carbonyl (C=O) groups is 1. The van der Waals surface area contributed by atoms with Gasteiger partial charge in [0, 0.05) is 26.2 Å². The second-order valence-corrected chi connectivity index (χ2v) is 7.95. The lowest BCUT2D eigenvalue weighted by molar-refractivity contribution is -0.133. The van der Waals surface area contributed by atoms with Crippen molar-refractivity contribution in [3.05, 3.63) is 60.2 Å². The van der Waals surface area contributed by atoms with Crippen LogP contribution in [0.15, 0.2) is 54.6 Å². The van der Waals surface area contributed by atoms with Gasteiger partial charge in [-0.1, -0.05) is 54.6 Å². The van der Waals surface area contributed by atoms with Gasteiger partial charge in [-0.05, 0) is 49.0 Å². The van der Waals surface area contributed by atoms with Crippen LogP contribution in [0.3, 0.4) is 0 Å². The van der Waals surface area contributed by atoms with Crippen molar-refractivity contribution in [2.24, 2.45) is 11.8 Å². The first-order valence-electron chi connectivity index (χ1n) is 9.73. The van der Waals surface area contributed by atoms with Gasteiger partial charge in [0.2, 0.25) is 5.91 Å². The van der Waals surface area contributed by atoms with E-state index in [2.05, 4.69) is 43.3 Å². The van der Waals surface area contributed by atoms with Crippen LogP contribution in [0, 0.1) is 11.8 Å². The molecule has 1 fully saturated rings. The number of aliphatic hydroxyl groups excluding tert-OH is 1. The Bertz CT molecular complexity index is 728. The molecule has 3 rings (SSSR count). The van der Waals surface area contributed by atoms with Gasteiger partial charge < -0.3 is 14.9 Å². The molecule has 0 spiro atoms. The van der Waals surface area contributed by atoms with Crippen molar-refractivity contribution in [1.29, 1.82) is 0 Å². The maximum absolute atomic E-state index is 12.8. The molecule has 1 saturated heterocycles. The Morgan fingerprint density at radius 3 is 2.26 bits per heavy atom. The number of likely N-dealkylation sites (tertiary alicyclic amines) is 1. The predicted octanol–water partition coefficient (Wildman–Crippen LogP) is 2.91. The first-order valence-corrected chi connectivity index (χ1v) is 9.73. The van der Waals surface area contributed by atoms with Crippen molar-refractivity contribution < 1.29 is 9.90 Å². The Kier molecular flexibility index (Phi) is 6.64. The third-order valence-electron chi connectivity index (χ3n) is 5.27. The zero-order chi connectivity index (χ0) is 19.2. The van der Waals surface area contributed by atoms with E-state index in [0.29, 0.717) is 18.9 Å². The smallest absolute Gasteiger partial charge is 0.227 e. The summed E-state index contributed by atoms with van der Waals surface area (Å²) < 4.78 is 0. The fourth-order valence-corrected chi connectivity index (χ4v) is 4.04. The highest BCUT2D eigenvalue weighted by Crippen LogP contribution is 2.24. The second-order valence-electron chi connectivity index (χ2n) is 7.95. The van der Waals surface area contributed by atoms with E-state index in [1.807, 2.05) is 35.2 Å². The molecule has 1 N–H and O–H groups in total. The highest BCUT2D eigenvalue weighted by atomic mass is 16.3. The molecule has 2 aromatic rings. The van der Waals surface area contributed by atoms with Crippen molar-refractivity contribution in [3.8, 4) is 11.1 Å². The summed E-state index contributed by atoms with van der Waals surface area (Å²) in [4.78, 5) is 17.0. The summed E-state index contributed by atoms with van der Waals surface area (Å²) >= 11 is 0. The topological polar surface area (TPSA) is 43.8 Å². The van der Waals surface area contributed by atoms with Crippen LogP contribution < -0.4 is 0 Å². The average Bonchev–Trinajstić information content (AvgIpc) is 2.68. The zero-order valence-electron chi connectivity index (χ0n) is 16.3. The van der Waals surface area contributed by atoms with Crippen LogP contribution in [0.1, 0.15) is 12.0 Å². The zero-order valence-corrected chi connectivity index (χ0v) is 16.3. The fourth-order valence-electron chi connectivity index (χ4n) is 4.04. The molecule has 0 radical (unpaired) electrons. The maximum Gasteiger partial charge on any atom is 0.227 e. The summed E-state index contributed by atoms with van der Waals surface area (Å²) in [7, 11) is 4.12. The van der Waals surface area contributed by atoms with Crippen LogP contribution in [0.4, 0.5) is 0 Å². The number of amides is 1. The number of hydrogen-bond donors (Lipinski definition) is 1. The van der Waals surface area contributed by atoms with Gasteiger partial charge in [-0.15, -0.1) is 0 Å². The Balaban J connectivity index is 1.63. The van der Waals surface area contributed by atoms with E-state index in [-0.39, 0.29) is 18.4 Å². The molecule has 0 bridgehead atoms. The minimum atomic E-state index is 0.152. The predicted molar refractivity (Wildman–Crippen MR) is 109 cm³/mol. The van der Waals surface area contributed by atoms with Crippen molar-refractivity contribution >= 4 is 5.91 Å². The van der Waals surface area contributed by atoms with Gasteiger partial charge in [-0.25, -0.2) is 0 Å². The van der Waals surface area contributed by atoms with Gasteiger partial charge in [-0.2, -0.15) is 0 Å². The minimum Gasteiger partial charge on any atom is -0.396 e. The largest absolute Gasteiger partial charge is 0.396 e. The summed E-state index contributed by atoms with van der Waals surface area (Å²) in [5.41, 5.74) is 3.38. The van der Waals surface area contributed by atoms with Gasteiger partial charge >= 0.3 is 0 Å². The Hall–Kier alpha value is -2.17. The van der Waals surface area contributed by atoms with Gasteiger partial charge in [0.1, 0.15) is 0 Å². The molecule has 1 aliphatic rings. The van der Waals surface area contributed by atoms with E-state index < -0.39 is 0 Å². The number of rotatable bonds is 6. The van der Waals surface area contributed by atoms with Gasteiger partial charge in [0.25, 0.3) is 0 Å². The number of carbonyl (C=O) groups excluding carboxylic acids is 1. The van der Waals surface area contributed by atoms with E-state index in [9.17, 15) is 9.90 Å². The minimum absolute atomic E-state index is 0.152. The van der Waals surface area contributed by atoms with E-state index in [1.165, 1.54) is 5.56 Å². The average molecular weight is 367 g/mol. The molecular formula is C23H30N2O2. The van der Waals surface area contributed by atoms with Gasteiger partial charge in [0.15, 0.2) is 0 Å². The molecule has 2 aromatic carbocycles. The van der Waals surface area contributed by atoms with Crippen molar-refractivity contribution in [2.75, 3.05) is 40.3 Å². The van der Waals surface area contributed by atoms with E-state index >= 15 is 0 Å². The van der Waals surface area contributed by atoms with E-state index in [1.54, 1.807) is 0 Å². The summed E-state index contributed by atoms with van der Waals surface area (Å²) in [6.07, 6.45) is 1.41. The third kappa shape index (κ3) is 5.41. The number of hydrogen-bond acceptors (Lipinski definition) is 3. The highest BCUT2D eigenvalue weighted by Gasteiger charge is 2.29. The third-order valence-corrected chi connectivity index (χ3v) is 5.27. The standard InChI is InChI=1S/C23H30N2O2/c1-24(2)14-19-12-20(17-26)16-25(15-19)23(27)13-18-8-10-22(11-9-18)21-6-4-3-5-7-21/h3-11,19-20,26H,12-17H2,1-2H3/t19-,20+/m0/s1. The summed E-state index contributed by atoms with van der Waals surface area (Å²) in [5.74, 6) is 0.771. The summed E-state index contributed by atoms with van der Waals surface area (Å²) in [6.45, 7) is 2.56. The molecule has 1 heterocycles. The molecule has 0 saturated carbocycles. The van der Waals surface area contributed by atoms with E-state index in [0.717, 1.165) is 30.6 Å². The normalized spacial score (nSPS) is 20.1. The van der Waals surface area contributed by atoms with Crippen LogP contribution in [0.25, 0.3) is 11.1 Å². The molecule has 0 aliphatic carbocycles. The Labute approximate surface area is 162 Å². The van der Waals surface area contributed by atoms with Crippen molar-refractivity contribution in [1.82, 2.24) is 9.80 Å². The molecule has 144 valence electrons. The lowest BCUT2D eigenvalue weighted by atomic mass is 9.89. The quantitative estimate of drug-likeness (QED) is 0.855. The van der Waals surface area contributed by atoms with Crippen LogP contribution >= 0.6 is 0 Å². The number of benzene rings is 2. The Morgan fingerprint density at radius 1 is 1.00 bits per heavy atom. The van der Waals surface area contributed by atoms with Gasteiger partial charge in [0.05, 0.1) is 6.42 Å². The molecule has 4 heteroatoms.